The second-order valence-electron chi connectivity index (χ2n) is 4.43. The molecule has 0 atom stereocenters. The molecule has 19 heavy (non-hydrogen) atoms. The molecule has 5 nitrogen and oxygen atoms in total. The first-order valence-corrected chi connectivity index (χ1v) is 8.09. The van der Waals surface area contributed by atoms with E-state index in [4.69, 9.17) is 9.05 Å². The highest BCUT2D eigenvalue weighted by atomic mass is 31.2. The maximum Gasteiger partial charge on any atom is 0.373 e. The van der Waals surface area contributed by atoms with Crippen LogP contribution in [0.3, 0.4) is 0 Å². The van der Waals surface area contributed by atoms with E-state index in [1.807, 2.05) is 62.0 Å². The molecule has 2 rings (SSSR count). The van der Waals surface area contributed by atoms with Gasteiger partial charge in [-0.3, -0.25) is 4.57 Å². The number of benzene rings is 1. The summed E-state index contributed by atoms with van der Waals surface area (Å²) >= 11 is 0. The van der Waals surface area contributed by atoms with Gasteiger partial charge < -0.3 is 18.8 Å². The first-order chi connectivity index (χ1) is 9.05. The highest BCUT2D eigenvalue weighted by molar-refractivity contribution is 7.55. The third-order valence-electron chi connectivity index (χ3n) is 3.24. The normalized spacial score (nSPS) is 16.0. The van der Waals surface area contributed by atoms with E-state index in [2.05, 4.69) is 0 Å². The summed E-state index contributed by atoms with van der Waals surface area (Å²) in [6.07, 6.45) is 0. The van der Waals surface area contributed by atoms with Crippen molar-refractivity contribution >= 4 is 19.0 Å². The van der Waals surface area contributed by atoms with Crippen LogP contribution in [0.5, 0.6) is 0 Å². The molecule has 0 saturated carbocycles. The monoisotopic (exact) mass is 284 g/mol. The van der Waals surface area contributed by atoms with Crippen molar-refractivity contribution in [2.24, 2.45) is 0 Å². The van der Waals surface area contributed by atoms with Gasteiger partial charge in [0.15, 0.2) is 0 Å². The minimum Gasteiger partial charge on any atom is -0.343 e. The maximum atomic E-state index is 13.0. The predicted octanol–water partition coefficient (Wildman–Crippen LogP) is 3.12. The Bertz CT molecular complexity index is 456. The molecule has 0 unspecified atom stereocenters. The topological polar surface area (TPSA) is 42.0 Å². The van der Waals surface area contributed by atoms with E-state index in [1.165, 1.54) is 0 Å². The van der Waals surface area contributed by atoms with Crippen LogP contribution in [0.4, 0.5) is 11.4 Å². The largest absolute Gasteiger partial charge is 0.373 e. The van der Waals surface area contributed by atoms with Crippen molar-refractivity contribution < 1.29 is 13.6 Å². The van der Waals surface area contributed by atoms with E-state index in [0.29, 0.717) is 13.2 Å². The highest BCUT2D eigenvalue weighted by Gasteiger charge is 2.46. The van der Waals surface area contributed by atoms with Gasteiger partial charge in [0, 0.05) is 14.1 Å². The molecule has 0 saturated heterocycles. The lowest BCUT2D eigenvalue weighted by Crippen LogP contribution is -2.39. The lowest BCUT2D eigenvalue weighted by Gasteiger charge is -2.33. The molecule has 1 heterocycles. The van der Waals surface area contributed by atoms with E-state index < -0.39 is 13.5 Å². The molecule has 0 spiro atoms. The van der Waals surface area contributed by atoms with Crippen molar-refractivity contribution in [1.82, 2.24) is 0 Å². The molecule has 0 bridgehead atoms. The third-order valence-corrected chi connectivity index (χ3v) is 5.73. The lowest BCUT2D eigenvalue weighted by molar-refractivity contribution is 0.212. The molecular weight excluding hydrogens is 263 g/mol. The van der Waals surface area contributed by atoms with Crippen molar-refractivity contribution in [2.45, 2.75) is 19.8 Å². The van der Waals surface area contributed by atoms with Crippen molar-refractivity contribution in [3.63, 3.8) is 0 Å². The summed E-state index contributed by atoms with van der Waals surface area (Å²) in [5.41, 5.74) is 2.07. The van der Waals surface area contributed by atoms with Crippen LogP contribution < -0.4 is 9.80 Å². The molecule has 0 aliphatic carbocycles. The molecular formula is C13H21N2O3P. The number of para-hydroxylation sites is 2. The summed E-state index contributed by atoms with van der Waals surface area (Å²) < 4.78 is 23.9. The summed E-state index contributed by atoms with van der Waals surface area (Å²) in [4.78, 5) is 3.92. The van der Waals surface area contributed by atoms with E-state index in [1.54, 1.807) is 0 Å². The van der Waals surface area contributed by atoms with Crippen molar-refractivity contribution in [2.75, 3.05) is 37.1 Å². The molecule has 6 heteroatoms. The molecule has 106 valence electrons. The summed E-state index contributed by atoms with van der Waals surface area (Å²) in [6, 6.07) is 7.96. The molecule has 1 aliphatic heterocycles. The number of hydrogen-bond acceptors (Lipinski definition) is 5. The zero-order valence-electron chi connectivity index (χ0n) is 11.9. The quantitative estimate of drug-likeness (QED) is 0.777. The second-order valence-corrected chi connectivity index (χ2v) is 6.49. The SMILES string of the molecule is CCOP(=O)(OCC)C1N(C)c2ccccc2N1C. The van der Waals surface area contributed by atoms with Crippen LogP contribution in [0, 0.1) is 0 Å². The van der Waals surface area contributed by atoms with Gasteiger partial charge in [-0.1, -0.05) is 12.1 Å². The molecule has 0 radical (unpaired) electrons. The number of fused-ring (bicyclic) bond motifs is 1. The van der Waals surface area contributed by atoms with Crippen LogP contribution in [-0.4, -0.2) is 33.2 Å². The molecule has 0 aromatic heterocycles. The van der Waals surface area contributed by atoms with Crippen LogP contribution in [0.25, 0.3) is 0 Å². The number of hydrogen-bond donors (Lipinski definition) is 0. The first kappa shape index (κ1) is 14.4. The number of nitrogens with zero attached hydrogens (tertiary/aromatic N) is 2. The van der Waals surface area contributed by atoms with E-state index >= 15 is 0 Å². The Labute approximate surface area is 114 Å². The van der Waals surface area contributed by atoms with Crippen LogP contribution in [-0.2, 0) is 13.6 Å². The number of rotatable bonds is 5. The van der Waals surface area contributed by atoms with Gasteiger partial charge in [0.25, 0.3) is 0 Å². The molecule has 0 amide bonds. The smallest absolute Gasteiger partial charge is 0.343 e. The zero-order valence-corrected chi connectivity index (χ0v) is 12.8. The van der Waals surface area contributed by atoms with Gasteiger partial charge in [-0.15, -0.1) is 0 Å². The Kier molecular flexibility index (Phi) is 4.19. The molecule has 0 fully saturated rings. The lowest BCUT2D eigenvalue weighted by atomic mass is 10.3. The standard InChI is InChI=1S/C13H21N2O3P/c1-5-17-19(16,18-6-2)13-14(3)11-9-7-8-10-12(11)15(13)4/h7-10,13H,5-6H2,1-4H3. The van der Waals surface area contributed by atoms with Gasteiger partial charge in [-0.25, -0.2) is 0 Å². The van der Waals surface area contributed by atoms with Crippen molar-refractivity contribution in [3.8, 4) is 0 Å². The Morgan fingerprint density at radius 2 is 1.47 bits per heavy atom. The van der Waals surface area contributed by atoms with Crippen LogP contribution in [0.2, 0.25) is 0 Å². The minimum absolute atomic E-state index is 0.367. The van der Waals surface area contributed by atoms with Gasteiger partial charge in [-0.2, -0.15) is 0 Å². The first-order valence-electron chi connectivity index (χ1n) is 6.48. The second kappa shape index (κ2) is 5.53. The maximum absolute atomic E-state index is 13.0. The molecule has 1 aromatic carbocycles. The fourth-order valence-electron chi connectivity index (χ4n) is 2.52. The summed E-state index contributed by atoms with van der Waals surface area (Å²) in [5, 5.41) is 0. The minimum atomic E-state index is -3.21. The van der Waals surface area contributed by atoms with Crippen LogP contribution in [0.1, 0.15) is 13.8 Å². The fourth-order valence-corrected chi connectivity index (χ4v) is 4.68. The van der Waals surface area contributed by atoms with Gasteiger partial charge in [-0.05, 0) is 26.0 Å². The fraction of sp³-hybridized carbons (Fsp3) is 0.538. The Balaban J connectivity index is 2.39. The molecule has 1 aliphatic rings. The van der Waals surface area contributed by atoms with Gasteiger partial charge in [0.1, 0.15) is 0 Å². The third kappa shape index (κ3) is 2.38. The van der Waals surface area contributed by atoms with E-state index in [-0.39, 0.29) is 0 Å². The van der Waals surface area contributed by atoms with Crippen molar-refractivity contribution in [3.05, 3.63) is 24.3 Å². The van der Waals surface area contributed by atoms with Crippen LogP contribution in [0.15, 0.2) is 24.3 Å². The Morgan fingerprint density at radius 3 is 1.84 bits per heavy atom. The van der Waals surface area contributed by atoms with Gasteiger partial charge in [0.05, 0.1) is 24.6 Å². The molecule has 0 N–H and O–H groups in total. The summed E-state index contributed by atoms with van der Waals surface area (Å²) in [6.45, 7) is 4.39. The average Bonchev–Trinajstić information content (AvgIpc) is 2.64. The summed E-state index contributed by atoms with van der Waals surface area (Å²) in [7, 11) is 0.619. The van der Waals surface area contributed by atoms with Gasteiger partial charge >= 0.3 is 7.60 Å². The van der Waals surface area contributed by atoms with E-state index in [9.17, 15) is 4.57 Å². The van der Waals surface area contributed by atoms with E-state index in [0.717, 1.165) is 11.4 Å². The average molecular weight is 284 g/mol. The number of anilines is 2. The highest BCUT2D eigenvalue weighted by Crippen LogP contribution is 2.59. The van der Waals surface area contributed by atoms with Gasteiger partial charge in [0.2, 0.25) is 5.91 Å². The Hall–Kier alpha value is -1.03. The summed E-state index contributed by atoms with van der Waals surface area (Å²) in [5.74, 6) is -0.412. The van der Waals surface area contributed by atoms with Crippen LogP contribution >= 0.6 is 7.60 Å². The Morgan fingerprint density at radius 1 is 1.05 bits per heavy atom. The zero-order chi connectivity index (χ0) is 14.0. The predicted molar refractivity (Wildman–Crippen MR) is 77.9 cm³/mol. The van der Waals surface area contributed by atoms with Crippen molar-refractivity contribution in [1.29, 1.82) is 0 Å². The molecule has 1 aromatic rings.